The number of benzene rings is 2. The molecule has 1 nitrogen and oxygen atoms in total. The van der Waals surface area contributed by atoms with Crippen molar-refractivity contribution >= 4 is 28.4 Å². The fourth-order valence-electron chi connectivity index (χ4n) is 2.38. The first kappa shape index (κ1) is 12.9. The van der Waals surface area contributed by atoms with Crippen molar-refractivity contribution in [2.24, 2.45) is 0 Å². The molecule has 0 aliphatic heterocycles. The van der Waals surface area contributed by atoms with Crippen molar-refractivity contribution in [2.45, 2.75) is 6.92 Å². The highest BCUT2D eigenvalue weighted by molar-refractivity contribution is 6.31. The zero-order valence-corrected chi connectivity index (χ0v) is 11.9. The molecule has 98 valence electrons. The molecule has 0 N–H and O–H groups in total. The second-order valence-electron chi connectivity index (χ2n) is 4.62. The third kappa shape index (κ3) is 2.33. The van der Waals surface area contributed by atoms with Crippen molar-refractivity contribution in [1.29, 1.82) is 0 Å². The molecule has 0 fully saturated rings. The highest BCUT2D eigenvalue weighted by Crippen LogP contribution is 2.30. The van der Waals surface area contributed by atoms with E-state index in [4.69, 9.17) is 11.6 Å². The second kappa shape index (κ2) is 5.48. The summed E-state index contributed by atoms with van der Waals surface area (Å²) in [6.07, 6.45) is 5.73. The zero-order valence-electron chi connectivity index (χ0n) is 11.2. The number of fused-ring (bicyclic) bond motifs is 1. The van der Waals surface area contributed by atoms with Crippen molar-refractivity contribution in [1.82, 2.24) is 4.98 Å². The van der Waals surface area contributed by atoms with Gasteiger partial charge < -0.3 is 0 Å². The summed E-state index contributed by atoms with van der Waals surface area (Å²) in [5.41, 5.74) is 3.22. The first-order chi connectivity index (χ1) is 9.79. The molecule has 0 spiro atoms. The third-order valence-electron chi connectivity index (χ3n) is 3.34. The Morgan fingerprint density at radius 2 is 1.80 bits per heavy atom. The van der Waals surface area contributed by atoms with Gasteiger partial charge in [0.15, 0.2) is 0 Å². The van der Waals surface area contributed by atoms with Crippen LogP contribution in [0.4, 0.5) is 0 Å². The van der Waals surface area contributed by atoms with Gasteiger partial charge in [-0.25, -0.2) is 4.98 Å². The first-order valence-electron chi connectivity index (χ1n) is 6.56. The Balaban J connectivity index is 2.22. The molecule has 0 radical (unpaired) electrons. The van der Waals surface area contributed by atoms with Crippen LogP contribution < -0.4 is 0 Å². The van der Waals surface area contributed by atoms with Crippen molar-refractivity contribution in [2.75, 3.05) is 0 Å². The summed E-state index contributed by atoms with van der Waals surface area (Å²) >= 11 is 6.21. The molecule has 0 atom stereocenters. The van der Waals surface area contributed by atoms with Crippen molar-refractivity contribution in [3.8, 4) is 11.1 Å². The fraction of sp³-hybridized carbons (Fsp3) is 0.0556. The summed E-state index contributed by atoms with van der Waals surface area (Å²) in [6.45, 7) is 1.98. The standard InChI is InChI=1S/C18H14ClN/c1-2-5-17-16(10-11-20-18(17)19)15-9-8-13-6-3-4-7-14(13)12-15/h2-12H,1H3. The largest absolute Gasteiger partial charge is 0.244 e. The summed E-state index contributed by atoms with van der Waals surface area (Å²) in [4.78, 5) is 4.16. The molecule has 20 heavy (non-hydrogen) atoms. The van der Waals surface area contributed by atoms with Crippen LogP contribution >= 0.6 is 11.6 Å². The van der Waals surface area contributed by atoms with E-state index >= 15 is 0 Å². The molecule has 0 aliphatic carbocycles. The van der Waals surface area contributed by atoms with Crippen LogP contribution in [0.15, 0.2) is 60.8 Å². The maximum Gasteiger partial charge on any atom is 0.136 e. The third-order valence-corrected chi connectivity index (χ3v) is 3.64. The molecular weight excluding hydrogens is 266 g/mol. The topological polar surface area (TPSA) is 12.9 Å². The van der Waals surface area contributed by atoms with E-state index in [0.717, 1.165) is 16.7 Å². The minimum atomic E-state index is 0.536. The van der Waals surface area contributed by atoms with Gasteiger partial charge in [0, 0.05) is 11.8 Å². The summed E-state index contributed by atoms with van der Waals surface area (Å²) in [5, 5.41) is 3.00. The van der Waals surface area contributed by atoms with Crippen LogP contribution in [0.1, 0.15) is 12.5 Å². The quantitative estimate of drug-likeness (QED) is 0.557. The van der Waals surface area contributed by atoms with Crippen LogP contribution in [0.25, 0.3) is 28.0 Å². The monoisotopic (exact) mass is 279 g/mol. The van der Waals surface area contributed by atoms with Crippen LogP contribution in [0.5, 0.6) is 0 Å². The van der Waals surface area contributed by atoms with Gasteiger partial charge in [-0.15, -0.1) is 0 Å². The Morgan fingerprint density at radius 3 is 2.60 bits per heavy atom. The number of halogens is 1. The van der Waals surface area contributed by atoms with E-state index < -0.39 is 0 Å². The number of hydrogen-bond acceptors (Lipinski definition) is 1. The molecule has 1 heterocycles. The molecule has 0 amide bonds. The Morgan fingerprint density at radius 1 is 1.00 bits per heavy atom. The summed E-state index contributed by atoms with van der Waals surface area (Å²) < 4.78 is 0. The van der Waals surface area contributed by atoms with E-state index in [9.17, 15) is 0 Å². The lowest BCUT2D eigenvalue weighted by Gasteiger charge is -2.09. The van der Waals surface area contributed by atoms with Gasteiger partial charge in [0.05, 0.1) is 0 Å². The normalized spacial score (nSPS) is 11.3. The van der Waals surface area contributed by atoms with Gasteiger partial charge in [-0.1, -0.05) is 60.2 Å². The Bertz CT molecular complexity index is 790. The van der Waals surface area contributed by atoms with Gasteiger partial charge in [0.25, 0.3) is 0 Å². The number of aromatic nitrogens is 1. The average molecular weight is 280 g/mol. The zero-order chi connectivity index (χ0) is 13.9. The lowest BCUT2D eigenvalue weighted by molar-refractivity contribution is 1.32. The van der Waals surface area contributed by atoms with E-state index in [1.165, 1.54) is 10.8 Å². The minimum absolute atomic E-state index is 0.536. The molecular formula is C18H14ClN. The molecule has 2 aromatic carbocycles. The van der Waals surface area contributed by atoms with Crippen LogP contribution in [-0.4, -0.2) is 4.98 Å². The highest BCUT2D eigenvalue weighted by Gasteiger charge is 2.08. The maximum absolute atomic E-state index is 6.21. The van der Waals surface area contributed by atoms with Crippen molar-refractivity contribution in [3.05, 3.63) is 71.5 Å². The molecule has 0 unspecified atom stereocenters. The summed E-state index contributed by atoms with van der Waals surface area (Å²) in [7, 11) is 0. The van der Waals surface area contributed by atoms with Gasteiger partial charge in [0.1, 0.15) is 5.15 Å². The van der Waals surface area contributed by atoms with Crippen LogP contribution in [0.3, 0.4) is 0 Å². The van der Waals surface area contributed by atoms with Crippen molar-refractivity contribution < 1.29 is 0 Å². The Labute approximate surface area is 123 Å². The SMILES string of the molecule is CC=Cc1c(-c2ccc3ccccc3c2)ccnc1Cl. The number of nitrogens with zero attached hydrogens (tertiary/aromatic N) is 1. The van der Waals surface area contributed by atoms with Crippen LogP contribution in [0, 0.1) is 0 Å². The maximum atomic E-state index is 6.21. The Kier molecular flexibility index (Phi) is 3.53. The van der Waals surface area contributed by atoms with E-state index in [0.29, 0.717) is 5.15 Å². The summed E-state index contributed by atoms with van der Waals surface area (Å²) in [6, 6.07) is 16.8. The molecule has 3 aromatic rings. The number of pyridine rings is 1. The van der Waals surface area contributed by atoms with Gasteiger partial charge in [0.2, 0.25) is 0 Å². The first-order valence-corrected chi connectivity index (χ1v) is 6.94. The molecule has 0 aliphatic rings. The molecule has 2 heteroatoms. The van der Waals surface area contributed by atoms with Gasteiger partial charge in [-0.3, -0.25) is 0 Å². The van der Waals surface area contributed by atoms with E-state index in [-0.39, 0.29) is 0 Å². The minimum Gasteiger partial charge on any atom is -0.244 e. The van der Waals surface area contributed by atoms with E-state index in [1.54, 1.807) is 6.20 Å². The van der Waals surface area contributed by atoms with E-state index in [1.807, 2.05) is 25.1 Å². The number of hydrogen-bond donors (Lipinski definition) is 0. The van der Waals surface area contributed by atoms with Gasteiger partial charge >= 0.3 is 0 Å². The lowest BCUT2D eigenvalue weighted by Crippen LogP contribution is -1.88. The molecule has 1 aromatic heterocycles. The predicted molar refractivity (Wildman–Crippen MR) is 86.9 cm³/mol. The average Bonchev–Trinajstić information content (AvgIpc) is 2.49. The van der Waals surface area contributed by atoms with E-state index in [2.05, 4.69) is 47.4 Å². The summed E-state index contributed by atoms with van der Waals surface area (Å²) in [5.74, 6) is 0. The number of rotatable bonds is 2. The molecule has 0 bridgehead atoms. The predicted octanol–water partition coefficient (Wildman–Crippen LogP) is 5.59. The van der Waals surface area contributed by atoms with Crippen LogP contribution in [-0.2, 0) is 0 Å². The van der Waals surface area contributed by atoms with Gasteiger partial charge in [-0.05, 0) is 41.0 Å². The van der Waals surface area contributed by atoms with Crippen molar-refractivity contribution in [3.63, 3.8) is 0 Å². The smallest absolute Gasteiger partial charge is 0.136 e. The molecule has 0 saturated heterocycles. The molecule has 3 rings (SSSR count). The highest BCUT2D eigenvalue weighted by atomic mass is 35.5. The Hall–Kier alpha value is -2.12. The van der Waals surface area contributed by atoms with Crippen LogP contribution in [0.2, 0.25) is 5.15 Å². The lowest BCUT2D eigenvalue weighted by atomic mass is 9.98. The fourth-order valence-corrected chi connectivity index (χ4v) is 2.60. The molecule has 0 saturated carbocycles. The second-order valence-corrected chi connectivity index (χ2v) is 4.98. The number of allylic oxidation sites excluding steroid dienone is 1. The van der Waals surface area contributed by atoms with Gasteiger partial charge in [-0.2, -0.15) is 0 Å².